The van der Waals surface area contributed by atoms with E-state index >= 15 is 0 Å². The lowest BCUT2D eigenvalue weighted by Crippen LogP contribution is -2.57. The summed E-state index contributed by atoms with van der Waals surface area (Å²) in [5.41, 5.74) is 0. The van der Waals surface area contributed by atoms with Crippen LogP contribution in [0.5, 0.6) is 0 Å². The molecule has 5 atom stereocenters. The molecule has 22 heavy (non-hydrogen) atoms. The Hall–Kier alpha value is -0.660. The van der Waals surface area contributed by atoms with Crippen molar-refractivity contribution in [2.45, 2.75) is 65.1 Å². The number of halogens is 1. The summed E-state index contributed by atoms with van der Waals surface area (Å²) in [7, 11) is 0. The molecule has 0 radical (unpaired) electrons. The first-order valence-corrected chi connectivity index (χ1v) is 8.70. The average Bonchev–Trinajstić information content (AvgIpc) is 2.44. The first-order valence-electron chi connectivity index (χ1n) is 7.58. The van der Waals surface area contributed by atoms with Crippen LogP contribution in [0, 0.1) is 5.92 Å². The Morgan fingerprint density at radius 2 is 1.73 bits per heavy atom. The van der Waals surface area contributed by atoms with Crippen molar-refractivity contribution in [3.05, 3.63) is 0 Å². The van der Waals surface area contributed by atoms with Gasteiger partial charge in [0.25, 0.3) is 0 Å². The smallest absolute Gasteiger partial charge is 0.303 e. The van der Waals surface area contributed by atoms with E-state index in [-0.39, 0.29) is 12.0 Å². The van der Waals surface area contributed by atoms with Crippen LogP contribution in [0.15, 0.2) is 0 Å². The van der Waals surface area contributed by atoms with E-state index in [9.17, 15) is 9.59 Å². The Bertz CT molecular complexity index is 375. The molecule has 1 saturated heterocycles. The average molecular weight is 381 g/mol. The predicted octanol–water partition coefficient (Wildman–Crippen LogP) is 2.42. The van der Waals surface area contributed by atoms with Crippen LogP contribution >= 0.6 is 15.9 Å². The van der Waals surface area contributed by atoms with Gasteiger partial charge in [0.2, 0.25) is 0 Å². The molecule has 0 aromatic heterocycles. The van der Waals surface area contributed by atoms with Crippen molar-refractivity contribution in [3.8, 4) is 0 Å². The second-order valence-corrected chi connectivity index (χ2v) is 6.16. The summed E-state index contributed by atoms with van der Waals surface area (Å²) in [4.78, 5) is 22.8. The van der Waals surface area contributed by atoms with Crippen LogP contribution < -0.4 is 0 Å². The normalized spacial score (nSPS) is 31.6. The summed E-state index contributed by atoms with van der Waals surface area (Å²) < 4.78 is 22.4. The molecule has 6 nitrogen and oxygen atoms in total. The lowest BCUT2D eigenvalue weighted by molar-refractivity contribution is -0.290. The molecule has 0 amide bonds. The second kappa shape index (κ2) is 9.47. The molecule has 128 valence electrons. The van der Waals surface area contributed by atoms with E-state index in [1.54, 1.807) is 0 Å². The first kappa shape index (κ1) is 19.4. The van der Waals surface area contributed by atoms with Crippen LogP contribution in [0.25, 0.3) is 0 Å². The van der Waals surface area contributed by atoms with Gasteiger partial charge in [-0.15, -0.1) is 0 Å². The molecule has 1 aliphatic heterocycles. The van der Waals surface area contributed by atoms with Crippen molar-refractivity contribution in [2.75, 3.05) is 11.9 Å². The highest BCUT2D eigenvalue weighted by Crippen LogP contribution is 2.32. The zero-order valence-electron chi connectivity index (χ0n) is 13.5. The standard InChI is InChI=1S/C15H25BrO6/c1-5-12-9(2)13(20-10(3)17)14(21-11(4)18)15(22-12)19-8-6-7-16/h9,12-15H,5-8H2,1-4H3/t9-,12-,13+,14-,15?/m1/s1. The third-order valence-corrected chi connectivity index (χ3v) is 4.13. The van der Waals surface area contributed by atoms with Gasteiger partial charge in [-0.3, -0.25) is 9.59 Å². The van der Waals surface area contributed by atoms with Crippen LogP contribution in [-0.4, -0.2) is 48.5 Å². The number of alkyl halides is 1. The van der Waals surface area contributed by atoms with Crippen LogP contribution in [0.3, 0.4) is 0 Å². The summed E-state index contributed by atoms with van der Waals surface area (Å²) in [6.07, 6.45) is -0.622. The van der Waals surface area contributed by atoms with Crippen molar-refractivity contribution in [2.24, 2.45) is 5.92 Å². The largest absolute Gasteiger partial charge is 0.458 e. The van der Waals surface area contributed by atoms with E-state index in [0.29, 0.717) is 6.61 Å². The quantitative estimate of drug-likeness (QED) is 0.383. The summed E-state index contributed by atoms with van der Waals surface area (Å²) in [6, 6.07) is 0. The summed E-state index contributed by atoms with van der Waals surface area (Å²) in [5.74, 6) is -0.957. The summed E-state index contributed by atoms with van der Waals surface area (Å²) in [5, 5.41) is 0.804. The topological polar surface area (TPSA) is 71.1 Å². The van der Waals surface area contributed by atoms with E-state index in [1.165, 1.54) is 13.8 Å². The lowest BCUT2D eigenvalue weighted by Gasteiger charge is -2.43. The van der Waals surface area contributed by atoms with Gasteiger partial charge in [-0.25, -0.2) is 0 Å². The van der Waals surface area contributed by atoms with Gasteiger partial charge in [0, 0.05) is 25.1 Å². The number of carbonyl (C=O) groups excluding carboxylic acids is 2. The molecule has 1 heterocycles. The van der Waals surface area contributed by atoms with Crippen molar-refractivity contribution in [1.29, 1.82) is 0 Å². The zero-order chi connectivity index (χ0) is 16.7. The molecule has 7 heteroatoms. The highest BCUT2D eigenvalue weighted by Gasteiger charge is 2.47. The van der Waals surface area contributed by atoms with E-state index in [4.69, 9.17) is 18.9 Å². The SMILES string of the molecule is CC[C@H]1OC(OCCCBr)[C@H](OC(C)=O)[C@@H](OC(C)=O)[C@@H]1C. The van der Waals surface area contributed by atoms with Crippen LogP contribution in [0.2, 0.25) is 0 Å². The fraction of sp³-hybridized carbons (Fsp3) is 0.867. The fourth-order valence-corrected chi connectivity index (χ4v) is 2.80. The molecule has 0 bridgehead atoms. The van der Waals surface area contributed by atoms with Gasteiger partial charge in [0.15, 0.2) is 12.4 Å². The molecule has 0 aromatic carbocycles. The Balaban J connectivity index is 2.93. The Labute approximate surface area is 139 Å². The van der Waals surface area contributed by atoms with Crippen molar-refractivity contribution in [1.82, 2.24) is 0 Å². The lowest BCUT2D eigenvalue weighted by atomic mass is 9.89. The molecule has 0 saturated carbocycles. The number of hydrogen-bond donors (Lipinski definition) is 0. The number of hydrogen-bond acceptors (Lipinski definition) is 6. The molecule has 0 aliphatic carbocycles. The minimum Gasteiger partial charge on any atom is -0.458 e. The molecular weight excluding hydrogens is 356 g/mol. The third kappa shape index (κ3) is 5.52. The monoisotopic (exact) mass is 380 g/mol. The number of carbonyl (C=O) groups is 2. The van der Waals surface area contributed by atoms with E-state index in [0.717, 1.165) is 18.2 Å². The fourth-order valence-electron chi connectivity index (χ4n) is 2.58. The number of ether oxygens (including phenoxy) is 4. The summed E-state index contributed by atoms with van der Waals surface area (Å²) >= 11 is 3.33. The Morgan fingerprint density at radius 3 is 2.23 bits per heavy atom. The predicted molar refractivity (Wildman–Crippen MR) is 83.6 cm³/mol. The molecule has 1 rings (SSSR count). The van der Waals surface area contributed by atoms with Gasteiger partial charge < -0.3 is 18.9 Å². The van der Waals surface area contributed by atoms with Gasteiger partial charge in [-0.1, -0.05) is 29.8 Å². The summed E-state index contributed by atoms with van der Waals surface area (Å²) in [6.45, 7) is 7.04. The first-order chi connectivity index (χ1) is 10.4. The van der Waals surface area contributed by atoms with Gasteiger partial charge in [0.05, 0.1) is 12.7 Å². The number of rotatable bonds is 7. The second-order valence-electron chi connectivity index (χ2n) is 5.37. The molecule has 0 aromatic rings. The van der Waals surface area contributed by atoms with Crippen LogP contribution in [-0.2, 0) is 28.5 Å². The van der Waals surface area contributed by atoms with Crippen molar-refractivity contribution < 1.29 is 28.5 Å². The molecular formula is C15H25BrO6. The van der Waals surface area contributed by atoms with Crippen molar-refractivity contribution in [3.63, 3.8) is 0 Å². The van der Waals surface area contributed by atoms with E-state index < -0.39 is 30.4 Å². The maximum Gasteiger partial charge on any atom is 0.303 e. The maximum atomic E-state index is 11.4. The van der Waals surface area contributed by atoms with E-state index in [2.05, 4.69) is 15.9 Å². The van der Waals surface area contributed by atoms with Gasteiger partial charge in [0.1, 0.15) is 6.10 Å². The van der Waals surface area contributed by atoms with Crippen LogP contribution in [0.4, 0.5) is 0 Å². The Morgan fingerprint density at radius 1 is 1.14 bits per heavy atom. The maximum absolute atomic E-state index is 11.4. The molecule has 1 aliphatic rings. The van der Waals surface area contributed by atoms with Gasteiger partial charge in [-0.05, 0) is 12.8 Å². The van der Waals surface area contributed by atoms with E-state index in [1.807, 2.05) is 13.8 Å². The molecule has 1 unspecified atom stereocenters. The molecule has 0 spiro atoms. The minimum absolute atomic E-state index is 0.0886. The van der Waals surface area contributed by atoms with Crippen molar-refractivity contribution >= 4 is 27.9 Å². The molecule has 0 N–H and O–H groups in total. The zero-order valence-corrected chi connectivity index (χ0v) is 15.1. The van der Waals surface area contributed by atoms with Crippen LogP contribution in [0.1, 0.15) is 40.5 Å². The number of esters is 2. The van der Waals surface area contributed by atoms with Gasteiger partial charge in [-0.2, -0.15) is 0 Å². The highest BCUT2D eigenvalue weighted by atomic mass is 79.9. The van der Waals surface area contributed by atoms with Gasteiger partial charge >= 0.3 is 11.9 Å². The Kier molecular flexibility index (Phi) is 8.35. The minimum atomic E-state index is -0.755. The third-order valence-electron chi connectivity index (χ3n) is 3.57. The molecule has 1 fully saturated rings. The highest BCUT2D eigenvalue weighted by molar-refractivity contribution is 9.09.